The number of carbonyl (C=O) groups is 4. The molecule has 4 amide bonds. The second kappa shape index (κ2) is 17.3. The molecule has 0 aliphatic carbocycles. The summed E-state index contributed by atoms with van der Waals surface area (Å²) in [5, 5.41) is 7.42. The Morgan fingerprint density at radius 3 is 2.37 bits per heavy atom. The van der Waals surface area contributed by atoms with Crippen LogP contribution in [0.5, 0.6) is 5.75 Å². The summed E-state index contributed by atoms with van der Waals surface area (Å²) in [5.74, 6) is 1.90. The number of fused-ring (bicyclic) bond motifs is 6. The number of alkyl carbamates (subject to hydrolysis) is 2. The molecular formula is C46H56N8O8. The van der Waals surface area contributed by atoms with Crippen molar-refractivity contribution in [3.63, 3.8) is 0 Å². The molecule has 4 N–H and O–H groups in total. The van der Waals surface area contributed by atoms with Crippen LogP contribution in [0.15, 0.2) is 48.7 Å². The largest absolute Gasteiger partial charge is 0.488 e. The first kappa shape index (κ1) is 42.5. The van der Waals surface area contributed by atoms with Gasteiger partial charge < -0.3 is 49.3 Å². The van der Waals surface area contributed by atoms with Crippen molar-refractivity contribution in [3.8, 4) is 28.1 Å². The van der Waals surface area contributed by atoms with Crippen molar-refractivity contribution in [2.75, 3.05) is 27.9 Å². The lowest BCUT2D eigenvalue weighted by Crippen LogP contribution is -2.54. The normalized spacial score (nSPS) is 21.4. The summed E-state index contributed by atoms with van der Waals surface area (Å²) >= 11 is 0. The van der Waals surface area contributed by atoms with Gasteiger partial charge in [-0.25, -0.2) is 19.6 Å². The van der Waals surface area contributed by atoms with Crippen molar-refractivity contribution >= 4 is 45.8 Å². The number of nitrogens with one attached hydrogen (secondary N) is 4. The van der Waals surface area contributed by atoms with E-state index in [9.17, 15) is 19.2 Å². The summed E-state index contributed by atoms with van der Waals surface area (Å²) in [6.45, 7) is 10.7. The number of carbonyl (C=O) groups excluding carboxylic acids is 4. The summed E-state index contributed by atoms with van der Waals surface area (Å²) in [4.78, 5) is 72.9. The van der Waals surface area contributed by atoms with Gasteiger partial charge in [-0.3, -0.25) is 9.59 Å². The van der Waals surface area contributed by atoms with Crippen LogP contribution in [0.1, 0.15) is 89.6 Å². The second-order valence-corrected chi connectivity index (χ2v) is 17.1. The quantitative estimate of drug-likeness (QED) is 0.106. The number of rotatable bonds is 11. The predicted molar refractivity (Wildman–Crippen MR) is 232 cm³/mol. The average Bonchev–Trinajstić information content (AvgIpc) is 4.11. The van der Waals surface area contributed by atoms with Crippen LogP contribution in [0.3, 0.4) is 0 Å². The van der Waals surface area contributed by atoms with Crippen molar-refractivity contribution in [3.05, 3.63) is 65.9 Å². The highest BCUT2D eigenvalue weighted by Gasteiger charge is 2.43. The maximum atomic E-state index is 14.1. The Bertz CT molecular complexity index is 2520. The molecule has 8 atom stereocenters. The van der Waals surface area contributed by atoms with Crippen LogP contribution in [0.4, 0.5) is 9.59 Å². The first-order valence-corrected chi connectivity index (χ1v) is 21.5. The molecule has 5 heterocycles. The van der Waals surface area contributed by atoms with Gasteiger partial charge in [0.1, 0.15) is 36.1 Å². The summed E-state index contributed by atoms with van der Waals surface area (Å²) in [7, 11) is 4.07. The molecule has 2 aromatic heterocycles. The molecule has 16 nitrogen and oxygen atoms in total. The molecule has 3 aliphatic heterocycles. The highest BCUT2D eigenvalue weighted by atomic mass is 16.5. The van der Waals surface area contributed by atoms with E-state index in [4.69, 9.17) is 28.9 Å². The molecule has 3 aliphatic rings. The number of amides is 4. The lowest BCUT2D eigenvalue weighted by molar-refractivity contribution is -0.138. The number of imidazole rings is 2. The van der Waals surface area contributed by atoms with E-state index in [1.807, 2.05) is 31.7 Å². The highest BCUT2D eigenvalue weighted by Crippen LogP contribution is 2.44. The molecule has 62 heavy (non-hydrogen) atoms. The third-order valence-electron chi connectivity index (χ3n) is 13.1. The Hall–Kier alpha value is -6.16. The molecule has 16 heteroatoms. The topological polar surface area (TPSA) is 193 Å². The molecule has 2 saturated heterocycles. The van der Waals surface area contributed by atoms with Gasteiger partial charge in [0.2, 0.25) is 11.8 Å². The van der Waals surface area contributed by atoms with Crippen LogP contribution in [-0.2, 0) is 30.4 Å². The van der Waals surface area contributed by atoms with Crippen molar-refractivity contribution in [2.45, 2.75) is 103 Å². The van der Waals surface area contributed by atoms with Gasteiger partial charge in [-0.2, -0.15) is 0 Å². The minimum Gasteiger partial charge on any atom is -0.488 e. The van der Waals surface area contributed by atoms with Crippen molar-refractivity contribution in [2.24, 2.45) is 11.8 Å². The molecule has 0 spiro atoms. The first-order chi connectivity index (χ1) is 29.8. The zero-order valence-corrected chi connectivity index (χ0v) is 36.5. The number of likely N-dealkylation sites (tertiary alicyclic amines) is 2. The van der Waals surface area contributed by atoms with Gasteiger partial charge in [0, 0.05) is 30.6 Å². The van der Waals surface area contributed by atoms with Crippen LogP contribution >= 0.6 is 0 Å². The molecule has 8 rings (SSSR count). The minimum absolute atomic E-state index is 0.0292. The van der Waals surface area contributed by atoms with E-state index >= 15 is 0 Å². The standard InChI is InChI=1S/C46H56N8O8/c1-9-24(3)38(51-45(57)60-7)44(56)54-25(4)10-15-35(54)42-48-33-14-12-27-18-32-30-13-11-28(17-29(30)22-62-37(32)19-31(27)40(33)50-42)34-20-47-41(49-34)36-16-23(2)21-53(36)43(55)39(26(5)59-6)52-46(58)61-8/h11-14,17-20,23-26,35-36,38-39H,9-10,15-16,21-22H2,1-8H3,(H,47,49)(H,48,50)(H,51,57)(H,52,58)/t23-,24?,25-,26+,35-,36?,38-,39-/m0/s1. The monoisotopic (exact) mass is 848 g/mol. The number of methoxy groups -OCH3 is 3. The molecule has 2 unspecified atom stereocenters. The lowest BCUT2D eigenvalue weighted by atomic mass is 9.92. The van der Waals surface area contributed by atoms with E-state index in [1.54, 1.807) is 18.0 Å². The Balaban J connectivity index is 1.04. The lowest BCUT2D eigenvalue weighted by Gasteiger charge is -2.33. The molecular weight excluding hydrogens is 793 g/mol. The average molecular weight is 849 g/mol. The Morgan fingerprint density at radius 1 is 0.887 bits per heavy atom. The van der Waals surface area contributed by atoms with Crippen LogP contribution < -0.4 is 15.4 Å². The van der Waals surface area contributed by atoms with Crippen molar-refractivity contribution in [1.29, 1.82) is 0 Å². The Labute approximate surface area is 360 Å². The predicted octanol–water partition coefficient (Wildman–Crippen LogP) is 7.16. The van der Waals surface area contributed by atoms with Crippen LogP contribution in [0, 0.1) is 11.8 Å². The van der Waals surface area contributed by atoms with Gasteiger partial charge in [-0.05, 0) is 91.3 Å². The maximum Gasteiger partial charge on any atom is 0.407 e. The van der Waals surface area contributed by atoms with Gasteiger partial charge in [-0.1, -0.05) is 45.4 Å². The van der Waals surface area contributed by atoms with Crippen LogP contribution in [-0.4, -0.2) is 106 Å². The number of aromatic nitrogens is 4. The zero-order valence-electron chi connectivity index (χ0n) is 36.5. The van der Waals surface area contributed by atoms with E-state index in [0.29, 0.717) is 37.6 Å². The number of hydrogen-bond acceptors (Lipinski definition) is 10. The molecule has 0 bridgehead atoms. The summed E-state index contributed by atoms with van der Waals surface area (Å²) < 4.78 is 21.5. The van der Waals surface area contributed by atoms with Gasteiger partial charge >= 0.3 is 12.2 Å². The fourth-order valence-corrected chi connectivity index (χ4v) is 9.37. The number of benzene rings is 3. The summed E-state index contributed by atoms with van der Waals surface area (Å²) in [5.41, 5.74) is 6.52. The second-order valence-electron chi connectivity index (χ2n) is 17.1. The van der Waals surface area contributed by atoms with E-state index in [1.165, 1.54) is 21.3 Å². The third-order valence-corrected chi connectivity index (χ3v) is 13.1. The molecule has 5 aromatic rings. The van der Waals surface area contributed by atoms with Crippen molar-refractivity contribution in [1.82, 2.24) is 40.4 Å². The summed E-state index contributed by atoms with van der Waals surface area (Å²) in [6.07, 6.45) is 2.89. The Kier molecular flexibility index (Phi) is 11.9. The first-order valence-electron chi connectivity index (χ1n) is 21.5. The SMILES string of the molecule is CCC(C)[C@H](NC(=O)OC)C(=O)N1[C@@H](C)CC[C@H]1c1nc2ccc3cc4c(cc3c2[nH]1)OCc1cc(-c2cnc(C3C[C@H](C)CN3C(=O)[C@@H](NC(=O)OC)[C@@H](C)OC)[nH]2)ccc1-4. The molecule has 0 saturated carbocycles. The van der Waals surface area contributed by atoms with Gasteiger partial charge in [0.25, 0.3) is 0 Å². The van der Waals surface area contributed by atoms with Crippen molar-refractivity contribution < 1.29 is 38.1 Å². The number of ether oxygens (including phenoxy) is 4. The third kappa shape index (κ3) is 7.80. The summed E-state index contributed by atoms with van der Waals surface area (Å²) in [6, 6.07) is 12.3. The highest BCUT2D eigenvalue weighted by molar-refractivity contribution is 6.07. The minimum atomic E-state index is -0.922. The molecule has 3 aromatic carbocycles. The Morgan fingerprint density at radius 2 is 1.65 bits per heavy atom. The van der Waals surface area contributed by atoms with E-state index in [0.717, 1.165) is 68.3 Å². The smallest absolute Gasteiger partial charge is 0.407 e. The molecule has 328 valence electrons. The number of hydrogen-bond donors (Lipinski definition) is 4. The van der Waals surface area contributed by atoms with Gasteiger partial charge in [0.05, 0.1) is 55.3 Å². The van der Waals surface area contributed by atoms with Crippen LogP contribution in [0.25, 0.3) is 44.2 Å². The maximum absolute atomic E-state index is 14.1. The van der Waals surface area contributed by atoms with Crippen LogP contribution in [0.2, 0.25) is 0 Å². The number of aromatic amines is 2. The zero-order chi connectivity index (χ0) is 44.0. The van der Waals surface area contributed by atoms with E-state index in [2.05, 4.69) is 63.9 Å². The fourth-order valence-electron chi connectivity index (χ4n) is 9.37. The van der Waals surface area contributed by atoms with Gasteiger partial charge in [0.15, 0.2) is 0 Å². The molecule has 0 radical (unpaired) electrons. The van der Waals surface area contributed by atoms with Gasteiger partial charge in [-0.15, -0.1) is 0 Å². The fraction of sp³-hybridized carbons (Fsp3) is 0.478. The number of H-pyrrole nitrogens is 2. The number of nitrogens with zero attached hydrogens (tertiary/aromatic N) is 4. The van der Waals surface area contributed by atoms with E-state index in [-0.39, 0.29) is 41.8 Å². The molecule has 2 fully saturated rings. The van der Waals surface area contributed by atoms with E-state index < -0.39 is 30.4 Å².